The zero-order valence-electron chi connectivity index (χ0n) is 7.85. The average Bonchev–Trinajstić information content (AvgIpc) is 2.24. The molecule has 0 aliphatic heterocycles. The summed E-state index contributed by atoms with van der Waals surface area (Å²) in [5.74, 6) is 0. The molecule has 0 aliphatic rings. The first kappa shape index (κ1) is 22.9. The monoisotopic (exact) mass is 210 g/mol. The Morgan fingerprint density at radius 3 is 1.31 bits per heavy atom. The van der Waals surface area contributed by atoms with Crippen molar-refractivity contribution in [3.8, 4) is 0 Å². The predicted octanol–water partition coefficient (Wildman–Crippen LogP) is 1.61. The molecule has 0 atom stereocenters. The van der Waals surface area contributed by atoms with E-state index in [1.165, 1.54) is 0 Å². The summed E-state index contributed by atoms with van der Waals surface area (Å²) in [6.07, 6.45) is 0. The van der Waals surface area contributed by atoms with Crippen molar-refractivity contribution in [3.63, 3.8) is 0 Å². The summed E-state index contributed by atoms with van der Waals surface area (Å²) in [5.41, 5.74) is 0. The van der Waals surface area contributed by atoms with Crippen LogP contribution < -0.4 is 0 Å². The molecule has 0 fully saturated rings. The number of aliphatic hydroxyl groups is 1. The van der Waals surface area contributed by atoms with Crippen molar-refractivity contribution in [1.82, 2.24) is 0 Å². The molecule has 3 N–H and O–H groups in total. The molecule has 0 aliphatic carbocycles. The molecule has 5 heteroatoms. The van der Waals surface area contributed by atoms with E-state index in [9.17, 15) is 0 Å². The Kier molecular flexibility index (Phi) is 73.8. The molecule has 0 aromatic rings. The molecule has 0 amide bonds. The van der Waals surface area contributed by atoms with E-state index in [0.29, 0.717) is 0 Å². The first-order chi connectivity index (χ1) is 6.27. The molecular weight excluding hydrogens is 191 g/mol. The normalized spacial score (nSPS) is 6.46. The molecule has 80 valence electrons. The highest BCUT2D eigenvalue weighted by atomic mass is 31.2. The van der Waals surface area contributed by atoms with Crippen LogP contribution in [0.2, 0.25) is 0 Å². The third-order valence-electron chi connectivity index (χ3n) is 0.298. The van der Waals surface area contributed by atoms with Crippen molar-refractivity contribution in [1.29, 1.82) is 0 Å². The van der Waals surface area contributed by atoms with E-state index in [1.807, 2.05) is 0 Å². The number of aliphatic hydroxyl groups excluding tert-OH is 1. The van der Waals surface area contributed by atoms with Gasteiger partial charge in [-0.3, -0.25) is 0 Å². The standard InChI is InChI=1S/C2H7O4P.3C2H4/c3-1-2-6-7(4)5;3*1-2/h3-5H,1-2H2;3*1-2H2. The summed E-state index contributed by atoms with van der Waals surface area (Å²) in [6, 6.07) is 0. The quantitative estimate of drug-likeness (QED) is 0.489. The molecule has 0 rings (SSSR count). The van der Waals surface area contributed by atoms with Gasteiger partial charge in [-0.1, -0.05) is 0 Å². The molecular formula is C8H19O4P. The van der Waals surface area contributed by atoms with Crippen LogP contribution in [0.3, 0.4) is 0 Å². The highest BCUT2D eigenvalue weighted by molar-refractivity contribution is 7.39. The van der Waals surface area contributed by atoms with E-state index in [2.05, 4.69) is 44.0 Å². The third-order valence-corrected chi connectivity index (χ3v) is 0.712. The largest absolute Gasteiger partial charge is 0.394 e. The Bertz CT molecular complexity index is 66.4. The first-order valence-electron chi connectivity index (χ1n) is 3.19. The van der Waals surface area contributed by atoms with Gasteiger partial charge in [0, 0.05) is 0 Å². The van der Waals surface area contributed by atoms with E-state index in [1.54, 1.807) is 0 Å². The van der Waals surface area contributed by atoms with E-state index in [-0.39, 0.29) is 13.2 Å². The van der Waals surface area contributed by atoms with E-state index in [4.69, 9.17) is 14.9 Å². The van der Waals surface area contributed by atoms with Gasteiger partial charge in [-0.15, -0.1) is 39.5 Å². The second-order valence-corrected chi connectivity index (χ2v) is 1.57. The maximum absolute atomic E-state index is 7.98. The highest BCUT2D eigenvalue weighted by Crippen LogP contribution is 2.22. The van der Waals surface area contributed by atoms with Crippen LogP contribution in [0, 0.1) is 0 Å². The summed E-state index contributed by atoms with van der Waals surface area (Å²) in [6.45, 7) is 17.8. The molecule has 0 spiro atoms. The summed E-state index contributed by atoms with van der Waals surface area (Å²) in [7, 11) is -2.27. The van der Waals surface area contributed by atoms with Gasteiger partial charge in [0.2, 0.25) is 0 Å². The maximum Gasteiger partial charge on any atom is 0.327 e. The van der Waals surface area contributed by atoms with Gasteiger partial charge in [0.15, 0.2) is 0 Å². The molecule has 0 unspecified atom stereocenters. The van der Waals surface area contributed by atoms with Crippen molar-refractivity contribution < 1.29 is 19.4 Å². The molecule has 0 radical (unpaired) electrons. The lowest BCUT2D eigenvalue weighted by Crippen LogP contribution is -1.92. The number of rotatable bonds is 3. The van der Waals surface area contributed by atoms with Crippen LogP contribution in [-0.4, -0.2) is 28.1 Å². The van der Waals surface area contributed by atoms with Crippen molar-refractivity contribution in [2.45, 2.75) is 0 Å². The summed E-state index contributed by atoms with van der Waals surface area (Å²) in [4.78, 5) is 15.9. The van der Waals surface area contributed by atoms with Crippen LogP contribution in [0.15, 0.2) is 39.5 Å². The van der Waals surface area contributed by atoms with Crippen LogP contribution in [0.25, 0.3) is 0 Å². The lowest BCUT2D eigenvalue weighted by atomic mass is 10.8. The van der Waals surface area contributed by atoms with Gasteiger partial charge < -0.3 is 19.4 Å². The van der Waals surface area contributed by atoms with Gasteiger partial charge >= 0.3 is 8.60 Å². The van der Waals surface area contributed by atoms with Crippen LogP contribution in [0.5, 0.6) is 0 Å². The molecule has 13 heavy (non-hydrogen) atoms. The van der Waals surface area contributed by atoms with Gasteiger partial charge in [0.1, 0.15) is 0 Å². The zero-order chi connectivity index (χ0) is 11.7. The zero-order valence-corrected chi connectivity index (χ0v) is 8.75. The highest BCUT2D eigenvalue weighted by Gasteiger charge is 1.94. The van der Waals surface area contributed by atoms with Crippen molar-refractivity contribution in [3.05, 3.63) is 39.5 Å². The third kappa shape index (κ3) is 85.0. The van der Waals surface area contributed by atoms with Crippen molar-refractivity contribution in [2.75, 3.05) is 13.2 Å². The molecule has 0 aromatic carbocycles. The second kappa shape index (κ2) is 41.9. The second-order valence-electron chi connectivity index (χ2n) is 0.810. The Labute approximate surface area is 81.5 Å². The minimum absolute atomic E-state index is 0.0152. The summed E-state index contributed by atoms with van der Waals surface area (Å²) in [5, 5.41) is 7.98. The van der Waals surface area contributed by atoms with Gasteiger partial charge in [-0.25, -0.2) is 0 Å². The van der Waals surface area contributed by atoms with Crippen LogP contribution in [0.1, 0.15) is 0 Å². The van der Waals surface area contributed by atoms with Gasteiger partial charge in [-0.05, 0) is 0 Å². The van der Waals surface area contributed by atoms with Crippen LogP contribution >= 0.6 is 8.60 Å². The van der Waals surface area contributed by atoms with Gasteiger partial charge in [0.25, 0.3) is 0 Å². The van der Waals surface area contributed by atoms with E-state index >= 15 is 0 Å². The fourth-order valence-corrected chi connectivity index (χ4v) is 0.367. The molecule has 0 saturated carbocycles. The fourth-order valence-electron chi connectivity index (χ4n) is 0.122. The molecule has 0 bridgehead atoms. The number of hydrogen-bond acceptors (Lipinski definition) is 4. The smallest absolute Gasteiger partial charge is 0.327 e. The molecule has 0 aromatic heterocycles. The Morgan fingerprint density at radius 2 is 1.23 bits per heavy atom. The summed E-state index contributed by atoms with van der Waals surface area (Å²) >= 11 is 0. The number of hydrogen-bond donors (Lipinski definition) is 3. The predicted molar refractivity (Wildman–Crippen MR) is 58.2 cm³/mol. The molecule has 0 heterocycles. The van der Waals surface area contributed by atoms with Gasteiger partial charge in [0.05, 0.1) is 13.2 Å². The van der Waals surface area contributed by atoms with Gasteiger partial charge in [-0.2, -0.15) is 0 Å². The molecule has 0 saturated heterocycles. The molecule has 4 nitrogen and oxygen atoms in total. The SMILES string of the molecule is C=C.C=C.C=C.OCCOP(O)O. The van der Waals surface area contributed by atoms with E-state index in [0.717, 1.165) is 0 Å². The van der Waals surface area contributed by atoms with Crippen molar-refractivity contribution >= 4 is 8.60 Å². The fraction of sp³-hybridized carbons (Fsp3) is 0.250. The summed E-state index contributed by atoms with van der Waals surface area (Å²) < 4.78 is 4.12. The first-order valence-corrected chi connectivity index (χ1v) is 4.35. The Morgan fingerprint density at radius 1 is 0.923 bits per heavy atom. The minimum Gasteiger partial charge on any atom is -0.394 e. The van der Waals surface area contributed by atoms with Crippen molar-refractivity contribution in [2.24, 2.45) is 0 Å². The average molecular weight is 210 g/mol. The Hall–Kier alpha value is -0.510. The van der Waals surface area contributed by atoms with Crippen LogP contribution in [0.4, 0.5) is 0 Å². The van der Waals surface area contributed by atoms with Crippen LogP contribution in [-0.2, 0) is 4.52 Å². The lowest BCUT2D eigenvalue weighted by Gasteiger charge is -1.97. The van der Waals surface area contributed by atoms with E-state index < -0.39 is 8.60 Å². The maximum atomic E-state index is 7.98. The minimum atomic E-state index is -2.27. The lowest BCUT2D eigenvalue weighted by molar-refractivity contribution is 0.181. The Balaban J connectivity index is -0.0000000573. The topological polar surface area (TPSA) is 69.9 Å².